The third-order valence-corrected chi connectivity index (χ3v) is 4.81. The van der Waals surface area contributed by atoms with Crippen LogP contribution in [-0.4, -0.2) is 29.8 Å². The van der Waals surface area contributed by atoms with Crippen molar-refractivity contribution in [1.29, 1.82) is 0 Å². The van der Waals surface area contributed by atoms with Crippen LogP contribution in [0.3, 0.4) is 0 Å². The van der Waals surface area contributed by atoms with Gasteiger partial charge < -0.3 is 5.73 Å². The van der Waals surface area contributed by atoms with Gasteiger partial charge >= 0.3 is 0 Å². The maximum absolute atomic E-state index is 12.7. The summed E-state index contributed by atoms with van der Waals surface area (Å²) in [6.07, 6.45) is 0. The highest BCUT2D eigenvalue weighted by molar-refractivity contribution is 7.12. The lowest BCUT2D eigenvalue weighted by Gasteiger charge is -2.11. The molecule has 1 saturated heterocycles. The quantitative estimate of drug-likeness (QED) is 0.688. The second-order valence-corrected chi connectivity index (χ2v) is 7.21. The smallest absolute Gasteiger partial charge is 0.261 e. The summed E-state index contributed by atoms with van der Waals surface area (Å²) in [6, 6.07) is 2.08. The standard InChI is InChI=1S/C17H22N2O2S/c1-9(2)14-15(17(21)19(7-6-18)16(14)20)11(4)13-8-10(3)22-12(13)5/h8H,6-7,18H2,1-5H3/b15-11-. The first-order valence-electron chi connectivity index (χ1n) is 7.32. The van der Waals surface area contributed by atoms with Crippen molar-refractivity contribution in [3.05, 3.63) is 38.1 Å². The predicted octanol–water partition coefficient (Wildman–Crippen LogP) is 2.80. The van der Waals surface area contributed by atoms with E-state index < -0.39 is 0 Å². The molecule has 5 heteroatoms. The molecule has 2 heterocycles. The highest BCUT2D eigenvalue weighted by atomic mass is 32.1. The number of allylic oxidation sites excluding steroid dienone is 2. The van der Waals surface area contributed by atoms with E-state index in [2.05, 4.69) is 6.07 Å². The van der Waals surface area contributed by atoms with Crippen LogP contribution in [0.1, 0.15) is 36.1 Å². The van der Waals surface area contributed by atoms with Crippen LogP contribution in [-0.2, 0) is 9.59 Å². The summed E-state index contributed by atoms with van der Waals surface area (Å²) in [6.45, 7) is 10.3. The van der Waals surface area contributed by atoms with Crippen LogP contribution in [0, 0.1) is 13.8 Å². The summed E-state index contributed by atoms with van der Waals surface area (Å²) in [7, 11) is 0. The average Bonchev–Trinajstić information content (AvgIpc) is 2.89. The van der Waals surface area contributed by atoms with Gasteiger partial charge in [0.25, 0.3) is 11.8 Å². The molecule has 0 bridgehead atoms. The highest BCUT2D eigenvalue weighted by Gasteiger charge is 2.40. The Labute approximate surface area is 135 Å². The third kappa shape index (κ3) is 2.66. The van der Waals surface area contributed by atoms with Crippen LogP contribution < -0.4 is 5.73 Å². The fourth-order valence-corrected chi connectivity index (χ4v) is 3.84. The van der Waals surface area contributed by atoms with Crippen molar-refractivity contribution in [3.63, 3.8) is 0 Å². The topological polar surface area (TPSA) is 63.4 Å². The lowest BCUT2D eigenvalue weighted by atomic mass is 9.95. The molecule has 1 fully saturated rings. The van der Waals surface area contributed by atoms with E-state index in [1.54, 1.807) is 11.3 Å². The lowest BCUT2D eigenvalue weighted by Crippen LogP contribution is -2.34. The van der Waals surface area contributed by atoms with Crippen LogP contribution in [0.2, 0.25) is 0 Å². The molecular formula is C17H22N2O2S. The van der Waals surface area contributed by atoms with Gasteiger partial charge in [-0.2, -0.15) is 0 Å². The van der Waals surface area contributed by atoms with Gasteiger partial charge in [0.2, 0.25) is 0 Å². The number of imide groups is 1. The van der Waals surface area contributed by atoms with Crippen molar-refractivity contribution in [2.75, 3.05) is 13.1 Å². The maximum Gasteiger partial charge on any atom is 0.261 e. The molecule has 2 N–H and O–H groups in total. The number of nitrogens with zero attached hydrogens (tertiary/aromatic N) is 1. The van der Waals surface area contributed by atoms with Gasteiger partial charge in [-0.25, -0.2) is 0 Å². The minimum Gasteiger partial charge on any atom is -0.329 e. The highest BCUT2D eigenvalue weighted by Crippen LogP contribution is 2.36. The Morgan fingerprint density at radius 3 is 2.18 bits per heavy atom. The first-order chi connectivity index (χ1) is 10.3. The first kappa shape index (κ1) is 16.6. The van der Waals surface area contributed by atoms with E-state index in [4.69, 9.17) is 5.73 Å². The Hall–Kier alpha value is -1.72. The fraction of sp³-hybridized carbons (Fsp3) is 0.412. The van der Waals surface area contributed by atoms with E-state index in [9.17, 15) is 9.59 Å². The Morgan fingerprint density at radius 1 is 1.14 bits per heavy atom. The van der Waals surface area contributed by atoms with Gasteiger partial charge in [-0.15, -0.1) is 11.3 Å². The van der Waals surface area contributed by atoms with Gasteiger partial charge in [0.1, 0.15) is 0 Å². The average molecular weight is 318 g/mol. The van der Waals surface area contributed by atoms with Gasteiger partial charge in [-0.05, 0) is 51.8 Å². The van der Waals surface area contributed by atoms with Gasteiger partial charge in [-0.3, -0.25) is 14.5 Å². The van der Waals surface area contributed by atoms with E-state index >= 15 is 0 Å². The minimum atomic E-state index is -0.229. The van der Waals surface area contributed by atoms with E-state index in [0.29, 0.717) is 11.1 Å². The fourth-order valence-electron chi connectivity index (χ4n) is 2.86. The Bertz CT molecular complexity index is 706. The molecule has 0 spiro atoms. The minimum absolute atomic E-state index is 0.227. The van der Waals surface area contributed by atoms with Crippen molar-refractivity contribution >= 4 is 28.7 Å². The monoisotopic (exact) mass is 318 g/mol. The lowest BCUT2D eigenvalue weighted by molar-refractivity contribution is -0.136. The van der Waals surface area contributed by atoms with Crippen molar-refractivity contribution in [3.8, 4) is 0 Å². The van der Waals surface area contributed by atoms with Crippen molar-refractivity contribution in [1.82, 2.24) is 4.90 Å². The maximum atomic E-state index is 12.7. The predicted molar refractivity (Wildman–Crippen MR) is 90.5 cm³/mol. The zero-order valence-electron chi connectivity index (χ0n) is 13.7. The summed E-state index contributed by atoms with van der Waals surface area (Å²) in [5.41, 5.74) is 9.37. The second-order valence-electron chi connectivity index (χ2n) is 5.75. The third-order valence-electron chi connectivity index (χ3n) is 3.84. The number of nitrogens with two attached hydrogens (primary N) is 1. The Kier molecular flexibility index (Phi) is 4.68. The molecule has 1 aliphatic rings. The molecule has 22 heavy (non-hydrogen) atoms. The van der Waals surface area contributed by atoms with Gasteiger partial charge in [0, 0.05) is 22.8 Å². The molecule has 1 aliphatic heterocycles. The molecule has 0 aliphatic carbocycles. The second kappa shape index (κ2) is 6.18. The summed E-state index contributed by atoms with van der Waals surface area (Å²) >= 11 is 1.70. The normalized spacial score (nSPS) is 17.5. The number of thiophene rings is 1. The number of carbonyl (C=O) groups excluding carboxylic acids is 2. The SMILES string of the molecule is CC(C)=C1C(=O)N(CCN)C(=O)/C1=C(/C)c1cc(C)sc1C. The summed E-state index contributed by atoms with van der Waals surface area (Å²) in [4.78, 5) is 28.9. The van der Waals surface area contributed by atoms with Crippen molar-refractivity contribution < 1.29 is 9.59 Å². The van der Waals surface area contributed by atoms with Crippen molar-refractivity contribution in [2.24, 2.45) is 5.73 Å². The molecule has 4 nitrogen and oxygen atoms in total. The first-order valence-corrected chi connectivity index (χ1v) is 8.13. The number of hydrogen-bond donors (Lipinski definition) is 1. The molecule has 1 aromatic rings. The van der Waals surface area contributed by atoms with Crippen LogP contribution in [0.25, 0.3) is 5.57 Å². The van der Waals surface area contributed by atoms with Crippen LogP contribution in [0.5, 0.6) is 0 Å². The molecule has 2 rings (SSSR count). The van der Waals surface area contributed by atoms with Gasteiger partial charge in [0.15, 0.2) is 0 Å². The number of likely N-dealkylation sites (tertiary alicyclic amines) is 1. The van der Waals surface area contributed by atoms with E-state index in [1.165, 1.54) is 9.78 Å². The zero-order valence-corrected chi connectivity index (χ0v) is 14.6. The van der Waals surface area contributed by atoms with E-state index in [0.717, 1.165) is 21.6 Å². The molecule has 118 valence electrons. The number of amides is 2. The van der Waals surface area contributed by atoms with Crippen molar-refractivity contribution in [2.45, 2.75) is 34.6 Å². The van der Waals surface area contributed by atoms with E-state index in [-0.39, 0.29) is 24.9 Å². The molecule has 0 radical (unpaired) electrons. The van der Waals surface area contributed by atoms with Gasteiger partial charge in [-0.1, -0.05) is 5.57 Å². The van der Waals surface area contributed by atoms with Crippen LogP contribution in [0.4, 0.5) is 0 Å². The summed E-state index contributed by atoms with van der Waals surface area (Å²) in [5, 5.41) is 0. The number of carbonyl (C=O) groups is 2. The molecule has 1 aromatic heterocycles. The van der Waals surface area contributed by atoms with Gasteiger partial charge in [0.05, 0.1) is 11.1 Å². The molecule has 0 unspecified atom stereocenters. The summed E-state index contributed by atoms with van der Waals surface area (Å²) in [5.74, 6) is -0.457. The molecule has 2 amide bonds. The summed E-state index contributed by atoms with van der Waals surface area (Å²) < 4.78 is 0. The molecule has 0 aromatic carbocycles. The number of hydrogen-bond acceptors (Lipinski definition) is 4. The molecular weight excluding hydrogens is 296 g/mol. The number of rotatable bonds is 3. The van der Waals surface area contributed by atoms with Crippen LogP contribution >= 0.6 is 11.3 Å². The zero-order chi connectivity index (χ0) is 16.6. The Morgan fingerprint density at radius 2 is 1.73 bits per heavy atom. The molecule has 0 atom stereocenters. The van der Waals surface area contributed by atoms with Crippen LogP contribution in [0.15, 0.2) is 22.8 Å². The van der Waals surface area contributed by atoms with E-state index in [1.807, 2.05) is 34.6 Å². The molecule has 0 saturated carbocycles. The number of aryl methyl sites for hydroxylation is 2. The largest absolute Gasteiger partial charge is 0.329 e. The Balaban J connectivity index is 2.67.